The van der Waals surface area contributed by atoms with E-state index in [0.717, 1.165) is 42.8 Å². The summed E-state index contributed by atoms with van der Waals surface area (Å²) in [6.07, 6.45) is 6.32. The number of benzene rings is 2. The number of rotatable bonds is 5. The average Bonchev–Trinajstić information content (AvgIpc) is 2.98. The number of sulfonamides is 1. The van der Waals surface area contributed by atoms with Gasteiger partial charge in [-0.2, -0.15) is 0 Å². The molecule has 31 heavy (non-hydrogen) atoms. The first kappa shape index (κ1) is 21.6. The monoisotopic (exact) mass is 442 g/mol. The van der Waals surface area contributed by atoms with Crippen LogP contribution in [-0.2, 0) is 10.0 Å². The lowest BCUT2D eigenvalue weighted by Gasteiger charge is -2.33. The molecule has 6 nitrogen and oxygen atoms in total. The summed E-state index contributed by atoms with van der Waals surface area (Å²) in [7, 11) is -0.555. The molecule has 0 spiro atoms. The molecule has 0 aliphatic carbocycles. The number of methoxy groups -OCH3 is 2. The summed E-state index contributed by atoms with van der Waals surface area (Å²) >= 11 is 0. The third-order valence-corrected chi connectivity index (χ3v) is 7.85. The molecule has 4 rings (SSSR count). The molecule has 7 heteroatoms. The first-order valence-electron chi connectivity index (χ1n) is 10.8. The Bertz CT molecular complexity index is 1070. The summed E-state index contributed by atoms with van der Waals surface area (Å²) in [5.74, 6) is 1.11. The van der Waals surface area contributed by atoms with Crippen molar-refractivity contribution in [3.05, 3.63) is 53.6 Å². The standard InChI is InChI=1S/C24H30N2O4S/c1-18-9-11-19(12-10-18)31(27,28)26-15-7-8-21(25-13-5-4-6-14-25)20-16-23(29-2)24(30-3)17-22(20)26/h8-12,16-17H,4-7,13-15H2,1-3H3. The molecule has 0 atom stereocenters. The first-order chi connectivity index (χ1) is 15.0. The molecule has 0 amide bonds. The summed E-state index contributed by atoms with van der Waals surface area (Å²) < 4.78 is 39.9. The zero-order valence-corrected chi connectivity index (χ0v) is 19.2. The third-order valence-electron chi connectivity index (χ3n) is 6.02. The number of ether oxygens (including phenoxy) is 2. The van der Waals surface area contributed by atoms with E-state index in [1.54, 1.807) is 32.4 Å². The maximum atomic E-state index is 13.7. The van der Waals surface area contributed by atoms with Crippen LogP contribution in [0.4, 0.5) is 5.69 Å². The van der Waals surface area contributed by atoms with Crippen LogP contribution in [0.3, 0.4) is 0 Å². The van der Waals surface area contributed by atoms with Crippen LogP contribution in [0.15, 0.2) is 47.4 Å². The summed E-state index contributed by atoms with van der Waals surface area (Å²) in [6.45, 7) is 4.27. The molecule has 2 aliphatic heterocycles. The first-order valence-corrected chi connectivity index (χ1v) is 12.2. The van der Waals surface area contributed by atoms with Crippen LogP contribution in [0.25, 0.3) is 5.70 Å². The molecular weight excluding hydrogens is 412 g/mol. The lowest BCUT2D eigenvalue weighted by Crippen LogP contribution is -2.32. The van der Waals surface area contributed by atoms with Crippen LogP contribution in [-0.4, -0.2) is 47.2 Å². The van der Waals surface area contributed by atoms with E-state index in [4.69, 9.17) is 9.47 Å². The Labute approximate surface area is 185 Å². The Hall–Kier alpha value is -2.67. The second-order valence-electron chi connectivity index (χ2n) is 8.04. The SMILES string of the molecule is COc1cc2c(cc1OC)N(S(=O)(=O)c1ccc(C)cc1)CCC=C2N1CCCCC1. The highest BCUT2D eigenvalue weighted by atomic mass is 32.2. The Morgan fingerprint density at radius 2 is 1.52 bits per heavy atom. The topological polar surface area (TPSA) is 59.1 Å². The van der Waals surface area contributed by atoms with E-state index in [1.807, 2.05) is 25.1 Å². The predicted octanol–water partition coefficient (Wildman–Crippen LogP) is 4.44. The van der Waals surface area contributed by atoms with Gasteiger partial charge in [-0.25, -0.2) is 8.42 Å². The van der Waals surface area contributed by atoms with Crippen molar-refractivity contribution >= 4 is 21.4 Å². The van der Waals surface area contributed by atoms with Crippen molar-refractivity contribution in [2.24, 2.45) is 0 Å². The zero-order chi connectivity index (χ0) is 22.0. The number of aryl methyl sites for hydroxylation is 1. The number of likely N-dealkylation sites (tertiary alicyclic amines) is 1. The van der Waals surface area contributed by atoms with Gasteiger partial charge in [-0.1, -0.05) is 23.8 Å². The van der Waals surface area contributed by atoms with E-state index in [0.29, 0.717) is 35.0 Å². The predicted molar refractivity (Wildman–Crippen MR) is 123 cm³/mol. The highest BCUT2D eigenvalue weighted by molar-refractivity contribution is 7.92. The van der Waals surface area contributed by atoms with Crippen LogP contribution >= 0.6 is 0 Å². The van der Waals surface area contributed by atoms with E-state index >= 15 is 0 Å². The Kier molecular flexibility index (Phi) is 6.14. The molecule has 1 saturated heterocycles. The van der Waals surface area contributed by atoms with E-state index < -0.39 is 10.0 Å². The summed E-state index contributed by atoms with van der Waals surface area (Å²) in [5, 5.41) is 0. The quantitative estimate of drug-likeness (QED) is 0.685. The lowest BCUT2D eigenvalue weighted by molar-refractivity contribution is 0.325. The largest absolute Gasteiger partial charge is 0.493 e. The van der Waals surface area contributed by atoms with E-state index in [-0.39, 0.29) is 0 Å². The Morgan fingerprint density at radius 3 is 2.16 bits per heavy atom. The second-order valence-corrected chi connectivity index (χ2v) is 9.90. The van der Waals surface area contributed by atoms with Crippen LogP contribution in [0.2, 0.25) is 0 Å². The van der Waals surface area contributed by atoms with E-state index in [9.17, 15) is 8.42 Å². The molecule has 2 heterocycles. The van der Waals surface area contributed by atoms with Gasteiger partial charge >= 0.3 is 0 Å². The molecular formula is C24H30N2O4S. The molecule has 2 aromatic carbocycles. The maximum absolute atomic E-state index is 13.7. The van der Waals surface area contributed by atoms with Crippen molar-refractivity contribution in [3.8, 4) is 11.5 Å². The molecule has 0 aromatic heterocycles. The van der Waals surface area contributed by atoms with Crippen molar-refractivity contribution in [3.63, 3.8) is 0 Å². The van der Waals surface area contributed by atoms with Gasteiger partial charge < -0.3 is 14.4 Å². The average molecular weight is 443 g/mol. The Morgan fingerprint density at radius 1 is 0.871 bits per heavy atom. The lowest BCUT2D eigenvalue weighted by atomic mass is 10.0. The molecule has 1 fully saturated rings. The maximum Gasteiger partial charge on any atom is 0.264 e. The second kappa shape index (κ2) is 8.83. The van der Waals surface area contributed by atoms with E-state index in [1.165, 1.54) is 10.7 Å². The van der Waals surface area contributed by atoms with Gasteiger partial charge in [0.05, 0.1) is 24.8 Å². The van der Waals surface area contributed by atoms with Gasteiger partial charge in [0.2, 0.25) is 0 Å². The van der Waals surface area contributed by atoms with Gasteiger partial charge in [-0.05, 0) is 50.8 Å². The minimum atomic E-state index is -3.73. The minimum Gasteiger partial charge on any atom is -0.493 e. The van der Waals surface area contributed by atoms with Crippen LogP contribution in [0.1, 0.15) is 36.8 Å². The zero-order valence-electron chi connectivity index (χ0n) is 18.4. The third kappa shape index (κ3) is 4.11. The number of nitrogens with zero attached hydrogens (tertiary/aromatic N) is 2. The van der Waals surface area contributed by atoms with Gasteiger partial charge in [0.1, 0.15) is 0 Å². The molecule has 2 aromatic rings. The highest BCUT2D eigenvalue weighted by Crippen LogP contribution is 2.43. The van der Waals surface area contributed by atoms with Crippen molar-refractivity contribution in [1.29, 1.82) is 0 Å². The van der Waals surface area contributed by atoms with Gasteiger partial charge in [-0.15, -0.1) is 0 Å². The molecule has 0 N–H and O–H groups in total. The van der Waals surface area contributed by atoms with Crippen molar-refractivity contribution in [1.82, 2.24) is 4.90 Å². The minimum absolute atomic E-state index is 0.292. The number of hydrogen-bond acceptors (Lipinski definition) is 5. The number of fused-ring (bicyclic) bond motifs is 1. The van der Waals surface area contributed by atoms with Crippen molar-refractivity contribution < 1.29 is 17.9 Å². The van der Waals surface area contributed by atoms with Crippen molar-refractivity contribution in [2.75, 3.05) is 38.2 Å². The molecule has 166 valence electrons. The fraction of sp³-hybridized carbons (Fsp3) is 0.417. The van der Waals surface area contributed by atoms with Gasteiger partial charge in [0.15, 0.2) is 11.5 Å². The summed E-state index contributed by atoms with van der Waals surface area (Å²) in [6, 6.07) is 10.7. The van der Waals surface area contributed by atoms with E-state index in [2.05, 4.69) is 11.0 Å². The fourth-order valence-corrected chi connectivity index (χ4v) is 5.84. The van der Waals surface area contributed by atoms with Crippen LogP contribution in [0, 0.1) is 6.92 Å². The number of piperidine rings is 1. The highest BCUT2D eigenvalue weighted by Gasteiger charge is 2.32. The normalized spacial score (nSPS) is 16.9. The fourth-order valence-electron chi connectivity index (χ4n) is 4.35. The smallest absolute Gasteiger partial charge is 0.264 e. The molecule has 0 saturated carbocycles. The molecule has 0 unspecified atom stereocenters. The van der Waals surface area contributed by atoms with Crippen LogP contribution < -0.4 is 13.8 Å². The van der Waals surface area contributed by atoms with Gasteiger partial charge in [0, 0.05) is 37.0 Å². The summed E-state index contributed by atoms with van der Waals surface area (Å²) in [4.78, 5) is 2.66. The Balaban J connectivity index is 1.86. The molecule has 0 radical (unpaired) electrons. The summed E-state index contributed by atoms with van der Waals surface area (Å²) in [5.41, 5.74) is 3.60. The molecule has 2 aliphatic rings. The number of anilines is 1. The van der Waals surface area contributed by atoms with Gasteiger partial charge in [-0.3, -0.25) is 4.31 Å². The number of hydrogen-bond donors (Lipinski definition) is 0. The van der Waals surface area contributed by atoms with Crippen LogP contribution in [0.5, 0.6) is 11.5 Å². The van der Waals surface area contributed by atoms with Gasteiger partial charge in [0.25, 0.3) is 10.0 Å². The molecule has 0 bridgehead atoms. The van der Waals surface area contributed by atoms with Crippen molar-refractivity contribution in [2.45, 2.75) is 37.5 Å².